The van der Waals surface area contributed by atoms with Crippen molar-refractivity contribution in [3.05, 3.63) is 62.1 Å². The number of benzene rings is 2. The van der Waals surface area contributed by atoms with Crippen molar-refractivity contribution < 1.29 is 13.2 Å². The monoisotopic (exact) mass is 496 g/mol. The molecule has 146 valence electrons. The molecule has 0 saturated heterocycles. The molecule has 0 bridgehead atoms. The lowest BCUT2D eigenvalue weighted by atomic mass is 10.2. The molecule has 0 fully saturated rings. The highest BCUT2D eigenvalue weighted by atomic mass is 35.5. The van der Waals surface area contributed by atoms with Crippen molar-refractivity contribution in [1.82, 2.24) is 10.2 Å². The number of sulfonamides is 1. The number of rotatable bonds is 5. The van der Waals surface area contributed by atoms with Crippen molar-refractivity contribution in [2.24, 2.45) is 0 Å². The Kier molecular flexibility index (Phi) is 6.33. The first-order valence-electron chi connectivity index (χ1n) is 7.24. The van der Waals surface area contributed by atoms with E-state index in [1.807, 2.05) is 0 Å². The molecule has 7 nitrogen and oxygen atoms in total. The van der Waals surface area contributed by atoms with Crippen LogP contribution in [0.3, 0.4) is 0 Å². The van der Waals surface area contributed by atoms with Crippen molar-refractivity contribution in [1.29, 1.82) is 0 Å². The summed E-state index contributed by atoms with van der Waals surface area (Å²) in [4.78, 5) is 12.3. The summed E-state index contributed by atoms with van der Waals surface area (Å²) in [6.45, 7) is 0. The van der Waals surface area contributed by atoms with Gasteiger partial charge in [0, 0.05) is 5.02 Å². The van der Waals surface area contributed by atoms with Gasteiger partial charge < -0.3 is 0 Å². The predicted octanol–water partition coefficient (Wildman–Crippen LogP) is 5.20. The van der Waals surface area contributed by atoms with Crippen LogP contribution in [0.4, 0.5) is 10.8 Å². The second kappa shape index (κ2) is 8.40. The third-order valence-electron chi connectivity index (χ3n) is 3.23. The fourth-order valence-electron chi connectivity index (χ4n) is 1.98. The van der Waals surface area contributed by atoms with Crippen LogP contribution in [0.15, 0.2) is 40.7 Å². The maximum atomic E-state index is 12.5. The molecule has 28 heavy (non-hydrogen) atoms. The lowest BCUT2D eigenvalue weighted by Gasteiger charge is -2.07. The SMILES string of the molecule is O=C(Nc1nnc(S(=O)(=O)Nc2cccc(Cl)c2Cl)s1)c1ccc(Cl)cc1Cl. The number of nitrogens with zero attached hydrogens (tertiary/aromatic N) is 2. The largest absolute Gasteiger partial charge is 0.296 e. The molecule has 0 aliphatic rings. The molecular formula is C15H8Cl4N4O3S2. The van der Waals surface area contributed by atoms with Gasteiger partial charge in [-0.25, -0.2) is 0 Å². The predicted molar refractivity (Wildman–Crippen MR) is 112 cm³/mol. The van der Waals surface area contributed by atoms with Gasteiger partial charge in [-0.15, -0.1) is 10.2 Å². The van der Waals surface area contributed by atoms with Crippen LogP contribution in [0.5, 0.6) is 0 Å². The van der Waals surface area contributed by atoms with E-state index in [2.05, 4.69) is 20.2 Å². The Bertz CT molecular complexity index is 1170. The highest BCUT2D eigenvalue weighted by Crippen LogP contribution is 2.32. The first kappa shape index (κ1) is 21.1. The molecule has 1 amide bonds. The molecule has 1 aromatic heterocycles. The Balaban J connectivity index is 1.79. The molecule has 13 heteroatoms. The average molecular weight is 498 g/mol. The van der Waals surface area contributed by atoms with Crippen molar-refractivity contribution in [2.75, 3.05) is 10.0 Å². The van der Waals surface area contributed by atoms with Gasteiger partial charge in [0.1, 0.15) is 0 Å². The van der Waals surface area contributed by atoms with E-state index in [4.69, 9.17) is 46.4 Å². The number of carbonyl (C=O) groups is 1. The standard InChI is InChI=1S/C15H8Cl4N4O3S2/c16-7-4-5-8(10(18)6-7)13(24)20-14-21-22-15(27-14)28(25,26)23-11-3-1-2-9(17)12(11)19/h1-6,23H,(H,20,21,24). The number of carbonyl (C=O) groups excluding carboxylic acids is 1. The molecule has 1 heterocycles. The lowest BCUT2D eigenvalue weighted by molar-refractivity contribution is 0.102. The maximum Gasteiger partial charge on any atom is 0.291 e. The van der Waals surface area contributed by atoms with E-state index >= 15 is 0 Å². The molecule has 0 saturated carbocycles. The third-order valence-corrected chi connectivity index (χ3v) is 7.17. The minimum Gasteiger partial charge on any atom is -0.296 e. The quantitative estimate of drug-likeness (QED) is 0.471. The topological polar surface area (TPSA) is 101 Å². The fourth-order valence-corrected chi connectivity index (χ4v) is 4.84. The van der Waals surface area contributed by atoms with Gasteiger partial charge in [0.25, 0.3) is 20.3 Å². The first-order chi connectivity index (χ1) is 13.2. The fraction of sp³-hybridized carbons (Fsp3) is 0. The molecule has 0 unspecified atom stereocenters. The number of hydrogen-bond donors (Lipinski definition) is 2. The molecule has 3 rings (SSSR count). The number of halogens is 4. The minimum atomic E-state index is -4.09. The molecule has 0 spiro atoms. The van der Waals surface area contributed by atoms with Gasteiger partial charge in [-0.05, 0) is 30.3 Å². The maximum absolute atomic E-state index is 12.5. The summed E-state index contributed by atoms with van der Waals surface area (Å²) in [5.74, 6) is -0.590. The van der Waals surface area contributed by atoms with Gasteiger partial charge in [0.2, 0.25) is 5.13 Å². The number of amides is 1. The van der Waals surface area contributed by atoms with Crippen LogP contribution in [-0.2, 0) is 10.0 Å². The van der Waals surface area contributed by atoms with E-state index in [-0.39, 0.29) is 35.8 Å². The summed E-state index contributed by atoms with van der Waals surface area (Å²) < 4.78 is 26.8. The Hall–Kier alpha value is -1.62. The van der Waals surface area contributed by atoms with E-state index in [9.17, 15) is 13.2 Å². The van der Waals surface area contributed by atoms with Crippen molar-refractivity contribution >= 4 is 84.5 Å². The van der Waals surface area contributed by atoms with Gasteiger partial charge in [0.05, 0.1) is 26.3 Å². The summed E-state index contributed by atoms with van der Waals surface area (Å²) in [6, 6.07) is 8.83. The van der Waals surface area contributed by atoms with E-state index in [0.717, 1.165) is 0 Å². The Morgan fingerprint density at radius 3 is 2.46 bits per heavy atom. The molecule has 2 N–H and O–H groups in total. The molecule has 0 radical (unpaired) electrons. The summed E-state index contributed by atoms with van der Waals surface area (Å²) in [6.07, 6.45) is 0. The normalized spacial score (nSPS) is 11.3. The van der Waals surface area contributed by atoms with Crippen molar-refractivity contribution in [2.45, 2.75) is 4.34 Å². The Morgan fingerprint density at radius 1 is 1.00 bits per heavy atom. The zero-order valence-corrected chi connectivity index (χ0v) is 18.1. The zero-order chi connectivity index (χ0) is 20.5. The third kappa shape index (κ3) is 4.68. The van der Waals surface area contributed by atoms with E-state index in [0.29, 0.717) is 16.4 Å². The van der Waals surface area contributed by atoms with Crippen molar-refractivity contribution in [3.8, 4) is 0 Å². The smallest absolute Gasteiger partial charge is 0.291 e. The summed E-state index contributed by atoms with van der Waals surface area (Å²) in [7, 11) is -4.09. The molecule has 0 aliphatic carbocycles. The van der Waals surface area contributed by atoms with Gasteiger partial charge in [-0.1, -0.05) is 63.8 Å². The van der Waals surface area contributed by atoms with Gasteiger partial charge >= 0.3 is 0 Å². The van der Waals surface area contributed by atoms with E-state index < -0.39 is 15.9 Å². The highest BCUT2D eigenvalue weighted by Gasteiger charge is 2.23. The van der Waals surface area contributed by atoms with E-state index in [1.165, 1.54) is 36.4 Å². The summed E-state index contributed by atoms with van der Waals surface area (Å²) in [5, 5.41) is 10.4. The average Bonchev–Trinajstić information content (AvgIpc) is 3.08. The molecule has 3 aromatic rings. The Labute approximate surface area is 183 Å². The number of aromatic nitrogens is 2. The first-order valence-corrected chi connectivity index (χ1v) is 11.1. The van der Waals surface area contributed by atoms with Crippen LogP contribution >= 0.6 is 57.7 Å². The molecule has 2 aromatic carbocycles. The molecule has 0 aliphatic heterocycles. The Morgan fingerprint density at radius 2 is 1.75 bits per heavy atom. The van der Waals surface area contributed by atoms with Crippen LogP contribution in [0.25, 0.3) is 0 Å². The summed E-state index contributed by atoms with van der Waals surface area (Å²) >= 11 is 24.3. The van der Waals surface area contributed by atoms with Crippen LogP contribution in [-0.4, -0.2) is 24.5 Å². The van der Waals surface area contributed by atoms with Crippen LogP contribution in [0, 0.1) is 0 Å². The van der Waals surface area contributed by atoms with Crippen LogP contribution in [0.1, 0.15) is 10.4 Å². The van der Waals surface area contributed by atoms with Crippen LogP contribution in [0.2, 0.25) is 20.1 Å². The lowest BCUT2D eigenvalue weighted by Crippen LogP contribution is -2.13. The number of nitrogens with one attached hydrogen (secondary N) is 2. The van der Waals surface area contributed by atoms with Gasteiger partial charge in [-0.3, -0.25) is 14.8 Å². The molecule has 0 atom stereocenters. The minimum absolute atomic E-state index is 0.0337. The van der Waals surface area contributed by atoms with Crippen molar-refractivity contribution in [3.63, 3.8) is 0 Å². The molecular weight excluding hydrogens is 490 g/mol. The van der Waals surface area contributed by atoms with E-state index in [1.54, 1.807) is 0 Å². The van der Waals surface area contributed by atoms with Gasteiger partial charge in [0.15, 0.2) is 0 Å². The van der Waals surface area contributed by atoms with Crippen LogP contribution < -0.4 is 10.0 Å². The number of anilines is 2. The number of hydrogen-bond acceptors (Lipinski definition) is 6. The second-order valence-electron chi connectivity index (χ2n) is 5.16. The zero-order valence-electron chi connectivity index (χ0n) is 13.4. The van der Waals surface area contributed by atoms with Gasteiger partial charge in [-0.2, -0.15) is 8.42 Å². The second-order valence-corrected chi connectivity index (χ2v) is 9.62. The highest BCUT2D eigenvalue weighted by molar-refractivity contribution is 7.94. The summed E-state index contributed by atoms with van der Waals surface area (Å²) in [5.41, 5.74) is 0.234.